The van der Waals surface area contributed by atoms with Crippen molar-refractivity contribution < 1.29 is 19.7 Å². The summed E-state index contributed by atoms with van der Waals surface area (Å²) < 4.78 is 5.13. The molecular formula is C15H12N2O4. The number of fused-ring (bicyclic) bond motifs is 1. The van der Waals surface area contributed by atoms with Crippen molar-refractivity contribution in [1.29, 1.82) is 0 Å². The summed E-state index contributed by atoms with van der Waals surface area (Å²) in [6.45, 7) is 0. The fraction of sp³-hybridized carbons (Fsp3) is 0.0667. The van der Waals surface area contributed by atoms with Crippen molar-refractivity contribution in [3.05, 3.63) is 42.0 Å². The Balaban J connectivity index is 2.15. The number of aromatic nitrogens is 2. The summed E-state index contributed by atoms with van der Waals surface area (Å²) in [5.74, 6) is 0.101. The molecule has 0 bridgehead atoms. The summed E-state index contributed by atoms with van der Waals surface area (Å²) in [6.07, 6.45) is 0. The van der Waals surface area contributed by atoms with Crippen LogP contribution in [-0.4, -0.2) is 33.3 Å². The Morgan fingerprint density at radius 3 is 2.76 bits per heavy atom. The number of carboxylic acids is 1. The minimum absolute atomic E-state index is 0.0633. The van der Waals surface area contributed by atoms with E-state index in [4.69, 9.17) is 9.84 Å². The van der Waals surface area contributed by atoms with Gasteiger partial charge >= 0.3 is 5.97 Å². The molecule has 2 aromatic carbocycles. The predicted molar refractivity (Wildman–Crippen MR) is 76.7 cm³/mol. The van der Waals surface area contributed by atoms with Gasteiger partial charge in [-0.2, -0.15) is 0 Å². The number of methoxy groups -OCH3 is 1. The number of benzene rings is 2. The molecular weight excluding hydrogens is 272 g/mol. The van der Waals surface area contributed by atoms with Crippen LogP contribution >= 0.6 is 0 Å². The number of carbonyl (C=O) groups is 1. The molecule has 3 rings (SSSR count). The van der Waals surface area contributed by atoms with E-state index < -0.39 is 5.97 Å². The first-order valence-electron chi connectivity index (χ1n) is 6.19. The van der Waals surface area contributed by atoms with Crippen molar-refractivity contribution in [3.63, 3.8) is 0 Å². The minimum atomic E-state index is -1.00. The van der Waals surface area contributed by atoms with Crippen LogP contribution in [0.4, 0.5) is 0 Å². The number of ether oxygens (including phenoxy) is 1. The summed E-state index contributed by atoms with van der Waals surface area (Å²) in [7, 11) is 1.54. The fourth-order valence-electron chi connectivity index (χ4n) is 2.10. The molecule has 3 N–H and O–H groups in total. The highest BCUT2D eigenvalue weighted by Crippen LogP contribution is 2.32. The molecule has 0 saturated heterocycles. The van der Waals surface area contributed by atoms with Gasteiger partial charge in [0.05, 0.1) is 29.3 Å². The van der Waals surface area contributed by atoms with Crippen molar-refractivity contribution in [2.75, 3.05) is 7.11 Å². The van der Waals surface area contributed by atoms with Crippen LogP contribution in [-0.2, 0) is 0 Å². The molecule has 0 spiro atoms. The summed E-state index contributed by atoms with van der Waals surface area (Å²) >= 11 is 0. The van der Waals surface area contributed by atoms with Crippen molar-refractivity contribution >= 4 is 17.0 Å². The normalized spacial score (nSPS) is 10.7. The number of nitrogens with one attached hydrogen (secondary N) is 1. The number of hydrogen-bond donors (Lipinski definition) is 3. The molecule has 0 atom stereocenters. The number of H-pyrrole nitrogens is 1. The zero-order valence-corrected chi connectivity index (χ0v) is 11.1. The number of phenolic OH excluding ortho intramolecular Hbond substituents is 1. The molecule has 0 fully saturated rings. The minimum Gasteiger partial charge on any atom is -0.507 e. The predicted octanol–water partition coefficient (Wildman–Crippen LogP) is 2.64. The molecule has 21 heavy (non-hydrogen) atoms. The third-order valence-electron chi connectivity index (χ3n) is 3.19. The second-order valence-electron chi connectivity index (χ2n) is 4.51. The summed E-state index contributed by atoms with van der Waals surface area (Å²) in [5, 5.41) is 18.9. The van der Waals surface area contributed by atoms with Crippen LogP contribution in [0.3, 0.4) is 0 Å². The monoisotopic (exact) mass is 284 g/mol. The van der Waals surface area contributed by atoms with Crippen LogP contribution in [0.25, 0.3) is 22.4 Å². The average Bonchev–Trinajstić information content (AvgIpc) is 2.90. The highest BCUT2D eigenvalue weighted by molar-refractivity contribution is 5.93. The van der Waals surface area contributed by atoms with Crippen LogP contribution in [0, 0.1) is 0 Å². The first kappa shape index (κ1) is 13.0. The second-order valence-corrected chi connectivity index (χ2v) is 4.51. The Morgan fingerprint density at radius 2 is 2.05 bits per heavy atom. The quantitative estimate of drug-likeness (QED) is 0.687. The standard InChI is InChI=1S/C15H12N2O4/c1-21-9-3-5-13(18)10(7-9)14-16-11-4-2-8(15(19)20)6-12(11)17-14/h2-7,18H,1H3,(H,16,17)(H,19,20). The Hall–Kier alpha value is -3.02. The Labute approximate surface area is 119 Å². The number of aromatic hydroxyl groups is 1. The van der Waals surface area contributed by atoms with Gasteiger partial charge in [-0.05, 0) is 36.4 Å². The van der Waals surface area contributed by atoms with E-state index in [-0.39, 0.29) is 11.3 Å². The highest BCUT2D eigenvalue weighted by atomic mass is 16.5. The van der Waals surface area contributed by atoms with Crippen LogP contribution in [0.1, 0.15) is 10.4 Å². The molecule has 0 aliphatic carbocycles. The number of rotatable bonds is 3. The number of phenols is 1. The molecule has 0 aliphatic heterocycles. The molecule has 3 aromatic rings. The van der Waals surface area contributed by atoms with Gasteiger partial charge in [-0.3, -0.25) is 0 Å². The van der Waals surface area contributed by atoms with Gasteiger partial charge in [-0.15, -0.1) is 0 Å². The van der Waals surface area contributed by atoms with Gasteiger partial charge in [0.2, 0.25) is 0 Å². The van der Waals surface area contributed by atoms with E-state index in [9.17, 15) is 9.90 Å². The molecule has 106 valence electrons. The number of hydrogen-bond acceptors (Lipinski definition) is 4. The van der Waals surface area contributed by atoms with E-state index in [1.807, 2.05) is 0 Å². The third kappa shape index (κ3) is 2.27. The van der Waals surface area contributed by atoms with E-state index >= 15 is 0 Å². The van der Waals surface area contributed by atoms with Crippen LogP contribution in [0.15, 0.2) is 36.4 Å². The smallest absolute Gasteiger partial charge is 0.335 e. The Morgan fingerprint density at radius 1 is 1.24 bits per heavy atom. The van der Waals surface area contributed by atoms with Gasteiger partial charge in [-0.25, -0.2) is 9.78 Å². The molecule has 6 nitrogen and oxygen atoms in total. The zero-order chi connectivity index (χ0) is 15.0. The van der Waals surface area contributed by atoms with Crippen molar-refractivity contribution in [2.24, 2.45) is 0 Å². The lowest BCUT2D eigenvalue weighted by atomic mass is 10.2. The zero-order valence-electron chi connectivity index (χ0n) is 11.1. The highest BCUT2D eigenvalue weighted by Gasteiger charge is 2.12. The number of carboxylic acid groups (broad SMARTS) is 1. The van der Waals surface area contributed by atoms with Gasteiger partial charge in [0.15, 0.2) is 0 Å². The van der Waals surface area contributed by atoms with Crippen molar-refractivity contribution in [1.82, 2.24) is 9.97 Å². The van der Waals surface area contributed by atoms with Crippen molar-refractivity contribution in [2.45, 2.75) is 0 Å². The largest absolute Gasteiger partial charge is 0.507 e. The summed E-state index contributed by atoms with van der Waals surface area (Å²) in [5.41, 5.74) is 1.87. The lowest BCUT2D eigenvalue weighted by molar-refractivity contribution is 0.0697. The van der Waals surface area contributed by atoms with Crippen LogP contribution < -0.4 is 4.74 Å². The van der Waals surface area contributed by atoms with Gasteiger partial charge in [0.25, 0.3) is 0 Å². The number of nitrogens with zero attached hydrogens (tertiary/aromatic N) is 1. The van der Waals surface area contributed by atoms with E-state index in [1.165, 1.54) is 25.3 Å². The molecule has 0 aliphatic rings. The van der Waals surface area contributed by atoms with Gasteiger partial charge in [-0.1, -0.05) is 0 Å². The molecule has 0 saturated carbocycles. The van der Waals surface area contributed by atoms with Gasteiger partial charge in [0, 0.05) is 0 Å². The van der Waals surface area contributed by atoms with Crippen molar-refractivity contribution in [3.8, 4) is 22.9 Å². The van der Waals surface area contributed by atoms with Gasteiger partial charge in [0.1, 0.15) is 17.3 Å². The Bertz CT molecular complexity index is 839. The Kier molecular flexibility index (Phi) is 2.98. The molecule has 0 amide bonds. The van der Waals surface area contributed by atoms with E-state index in [0.29, 0.717) is 28.2 Å². The SMILES string of the molecule is COc1ccc(O)c(-c2nc3ccc(C(=O)O)cc3[nH]2)c1. The first-order chi connectivity index (χ1) is 10.1. The van der Waals surface area contributed by atoms with Crippen LogP contribution in [0.5, 0.6) is 11.5 Å². The maximum Gasteiger partial charge on any atom is 0.335 e. The maximum atomic E-state index is 11.0. The molecule has 0 radical (unpaired) electrons. The average molecular weight is 284 g/mol. The van der Waals surface area contributed by atoms with E-state index in [0.717, 1.165) is 0 Å². The molecule has 0 unspecified atom stereocenters. The van der Waals surface area contributed by atoms with E-state index in [2.05, 4.69) is 9.97 Å². The first-order valence-corrected chi connectivity index (χ1v) is 6.19. The number of aromatic amines is 1. The third-order valence-corrected chi connectivity index (χ3v) is 3.19. The van der Waals surface area contributed by atoms with Crippen LogP contribution in [0.2, 0.25) is 0 Å². The van der Waals surface area contributed by atoms with E-state index in [1.54, 1.807) is 18.2 Å². The van der Waals surface area contributed by atoms with Gasteiger partial charge < -0.3 is 19.9 Å². The second kappa shape index (κ2) is 4.82. The lowest BCUT2D eigenvalue weighted by Gasteiger charge is -2.04. The number of aromatic carboxylic acids is 1. The topological polar surface area (TPSA) is 95.4 Å². The maximum absolute atomic E-state index is 11.0. The summed E-state index contributed by atoms with van der Waals surface area (Å²) in [6, 6.07) is 9.43. The molecule has 1 heterocycles. The summed E-state index contributed by atoms with van der Waals surface area (Å²) in [4.78, 5) is 18.3. The molecule has 6 heteroatoms. The molecule has 1 aromatic heterocycles. The lowest BCUT2D eigenvalue weighted by Crippen LogP contribution is -1.94. The number of imidazole rings is 1. The fourth-order valence-corrected chi connectivity index (χ4v) is 2.10.